The summed E-state index contributed by atoms with van der Waals surface area (Å²) in [6.07, 6.45) is 0. The smallest absolute Gasteiger partial charge is 0.339 e. The lowest BCUT2D eigenvalue weighted by molar-refractivity contribution is 0.0692. The maximum Gasteiger partial charge on any atom is 0.339 e. The second-order valence-corrected chi connectivity index (χ2v) is 6.97. The molecule has 0 aromatic heterocycles. The minimum atomic E-state index is -3.23. The Kier molecular flexibility index (Phi) is 4.77. The first-order chi connectivity index (χ1) is 8.75. The van der Waals surface area contributed by atoms with Crippen molar-refractivity contribution in [1.82, 2.24) is 0 Å². The van der Waals surface area contributed by atoms with Crippen LogP contribution in [0.15, 0.2) is 18.2 Å². The van der Waals surface area contributed by atoms with E-state index in [1.165, 1.54) is 18.2 Å². The number of para-hydroxylation sites is 1. The molecule has 0 unspecified atom stereocenters. The van der Waals surface area contributed by atoms with Gasteiger partial charge in [0.15, 0.2) is 15.6 Å². The van der Waals surface area contributed by atoms with Crippen LogP contribution in [0.1, 0.15) is 24.2 Å². The van der Waals surface area contributed by atoms with Gasteiger partial charge in [0.2, 0.25) is 0 Å². The Labute approximate surface area is 112 Å². The van der Waals surface area contributed by atoms with Gasteiger partial charge in [-0.3, -0.25) is 0 Å². The zero-order chi connectivity index (χ0) is 14.6. The molecule has 1 aromatic rings. The molecule has 0 aliphatic rings. The lowest BCUT2D eigenvalue weighted by atomic mass is 10.2. The number of sulfone groups is 1. The van der Waals surface area contributed by atoms with Crippen LogP contribution in [-0.2, 0) is 9.84 Å². The van der Waals surface area contributed by atoms with Crippen LogP contribution in [-0.4, -0.2) is 37.1 Å². The molecule has 0 amide bonds. The van der Waals surface area contributed by atoms with Gasteiger partial charge < -0.3 is 15.6 Å². The normalized spacial score (nSPS) is 11.5. The maximum atomic E-state index is 11.6. The third-order valence-corrected chi connectivity index (χ3v) is 4.78. The van der Waals surface area contributed by atoms with Gasteiger partial charge in [0.25, 0.3) is 0 Å². The molecule has 0 radical (unpaired) electrons. The van der Waals surface area contributed by atoms with Gasteiger partial charge in [-0.2, -0.15) is 0 Å². The highest BCUT2D eigenvalue weighted by Gasteiger charge is 2.18. The molecule has 0 bridgehead atoms. The molecular weight excluding hydrogens is 270 g/mol. The van der Waals surface area contributed by atoms with Crippen molar-refractivity contribution in [1.29, 1.82) is 0 Å². The lowest BCUT2D eigenvalue weighted by Gasteiger charge is -2.12. The fourth-order valence-electron chi connectivity index (χ4n) is 1.38. The number of carboxylic acids is 1. The molecule has 0 spiro atoms. The SMILES string of the molecule is CC(C)S(=O)(=O)CCOc1c(N)cccc1C(=O)O. The average Bonchev–Trinajstić information content (AvgIpc) is 2.30. The molecule has 3 N–H and O–H groups in total. The van der Waals surface area contributed by atoms with Crippen molar-refractivity contribution in [2.45, 2.75) is 19.1 Å². The molecule has 6 nitrogen and oxygen atoms in total. The van der Waals surface area contributed by atoms with Gasteiger partial charge in [-0.05, 0) is 26.0 Å². The van der Waals surface area contributed by atoms with Gasteiger partial charge in [-0.15, -0.1) is 0 Å². The zero-order valence-electron chi connectivity index (χ0n) is 10.8. The van der Waals surface area contributed by atoms with E-state index in [-0.39, 0.29) is 29.4 Å². The van der Waals surface area contributed by atoms with E-state index in [1.807, 2.05) is 0 Å². The monoisotopic (exact) mass is 287 g/mol. The molecule has 1 aromatic carbocycles. The number of nitrogen functional groups attached to an aromatic ring is 1. The number of ether oxygens (including phenoxy) is 1. The zero-order valence-corrected chi connectivity index (χ0v) is 11.6. The van der Waals surface area contributed by atoms with E-state index >= 15 is 0 Å². The van der Waals surface area contributed by atoms with Crippen molar-refractivity contribution in [3.63, 3.8) is 0 Å². The molecule has 7 heteroatoms. The molecule has 0 heterocycles. The lowest BCUT2D eigenvalue weighted by Crippen LogP contribution is -2.22. The van der Waals surface area contributed by atoms with E-state index in [0.717, 1.165) is 0 Å². The predicted molar refractivity (Wildman–Crippen MR) is 72.2 cm³/mol. The highest BCUT2D eigenvalue weighted by atomic mass is 32.2. The highest BCUT2D eigenvalue weighted by molar-refractivity contribution is 7.91. The first-order valence-corrected chi connectivity index (χ1v) is 7.43. The van der Waals surface area contributed by atoms with E-state index in [4.69, 9.17) is 15.6 Å². The predicted octanol–water partition coefficient (Wildman–Crippen LogP) is 1.17. The second kappa shape index (κ2) is 5.92. The topological polar surface area (TPSA) is 107 Å². The maximum absolute atomic E-state index is 11.6. The Balaban J connectivity index is 2.82. The van der Waals surface area contributed by atoms with E-state index in [1.54, 1.807) is 13.8 Å². The van der Waals surface area contributed by atoms with Crippen LogP contribution < -0.4 is 10.5 Å². The summed E-state index contributed by atoms with van der Waals surface area (Å²) in [5, 5.41) is 8.49. The Morgan fingerprint density at radius 2 is 2.05 bits per heavy atom. The van der Waals surface area contributed by atoms with E-state index in [2.05, 4.69) is 0 Å². The number of nitrogens with two attached hydrogens (primary N) is 1. The molecule has 0 aliphatic carbocycles. The molecule has 0 atom stereocenters. The Morgan fingerprint density at radius 1 is 1.42 bits per heavy atom. The Hall–Kier alpha value is -1.76. The number of carboxylic acid groups (broad SMARTS) is 1. The summed E-state index contributed by atoms with van der Waals surface area (Å²) in [5.41, 5.74) is 5.72. The number of hydrogen-bond donors (Lipinski definition) is 2. The highest BCUT2D eigenvalue weighted by Crippen LogP contribution is 2.26. The van der Waals surface area contributed by atoms with Crippen molar-refractivity contribution in [3.8, 4) is 5.75 Å². The number of anilines is 1. The summed E-state index contributed by atoms with van der Waals surface area (Å²) < 4.78 is 28.4. The standard InChI is InChI=1S/C12H17NO5S/c1-8(2)19(16,17)7-6-18-11-9(12(14)15)4-3-5-10(11)13/h3-5,8H,6-7,13H2,1-2H3,(H,14,15). The van der Waals surface area contributed by atoms with Crippen LogP contribution >= 0.6 is 0 Å². The van der Waals surface area contributed by atoms with Gasteiger partial charge in [0.05, 0.1) is 16.7 Å². The second-order valence-electron chi connectivity index (χ2n) is 4.29. The molecule has 1 rings (SSSR count). The number of hydrogen-bond acceptors (Lipinski definition) is 5. The van der Waals surface area contributed by atoms with Gasteiger partial charge >= 0.3 is 5.97 Å². The number of benzene rings is 1. The van der Waals surface area contributed by atoms with Gasteiger partial charge in [-0.25, -0.2) is 13.2 Å². The Morgan fingerprint density at radius 3 is 2.58 bits per heavy atom. The molecule has 0 fully saturated rings. The summed E-state index contributed by atoms with van der Waals surface area (Å²) in [5.74, 6) is -1.35. The van der Waals surface area contributed by atoms with Crippen molar-refractivity contribution >= 4 is 21.5 Å². The van der Waals surface area contributed by atoms with E-state index in [9.17, 15) is 13.2 Å². The first kappa shape index (κ1) is 15.3. The van der Waals surface area contributed by atoms with Gasteiger partial charge in [-0.1, -0.05) is 6.07 Å². The van der Waals surface area contributed by atoms with Crippen LogP contribution in [0, 0.1) is 0 Å². The number of aromatic carboxylic acids is 1. The summed E-state index contributed by atoms with van der Waals surface area (Å²) >= 11 is 0. The van der Waals surface area contributed by atoms with E-state index in [0.29, 0.717) is 0 Å². The molecule has 0 aliphatic heterocycles. The van der Waals surface area contributed by atoms with Gasteiger partial charge in [0, 0.05) is 0 Å². The van der Waals surface area contributed by atoms with Crippen LogP contribution in [0.25, 0.3) is 0 Å². The molecule has 0 saturated heterocycles. The largest absolute Gasteiger partial charge is 0.489 e. The third-order valence-electron chi connectivity index (χ3n) is 2.61. The fraction of sp³-hybridized carbons (Fsp3) is 0.417. The average molecular weight is 287 g/mol. The molecule has 19 heavy (non-hydrogen) atoms. The molecular formula is C12H17NO5S. The summed E-state index contributed by atoms with van der Waals surface area (Å²) in [6.45, 7) is 3.03. The molecule has 0 saturated carbocycles. The van der Waals surface area contributed by atoms with Crippen LogP contribution in [0.5, 0.6) is 5.75 Å². The Bertz CT molecular complexity index is 565. The number of carbonyl (C=O) groups is 1. The van der Waals surface area contributed by atoms with Crippen molar-refractivity contribution in [2.75, 3.05) is 18.1 Å². The molecule has 106 valence electrons. The van der Waals surface area contributed by atoms with Crippen LogP contribution in [0.4, 0.5) is 5.69 Å². The van der Waals surface area contributed by atoms with Crippen LogP contribution in [0.3, 0.4) is 0 Å². The summed E-state index contributed by atoms with van der Waals surface area (Å²) in [6, 6.07) is 4.35. The minimum Gasteiger partial charge on any atom is -0.489 e. The summed E-state index contributed by atoms with van der Waals surface area (Å²) in [7, 11) is -3.23. The summed E-state index contributed by atoms with van der Waals surface area (Å²) in [4.78, 5) is 11.0. The van der Waals surface area contributed by atoms with Crippen LogP contribution in [0.2, 0.25) is 0 Å². The van der Waals surface area contributed by atoms with Crippen molar-refractivity contribution in [2.24, 2.45) is 0 Å². The number of rotatable bonds is 6. The van der Waals surface area contributed by atoms with E-state index < -0.39 is 21.1 Å². The quantitative estimate of drug-likeness (QED) is 0.760. The third kappa shape index (κ3) is 3.85. The van der Waals surface area contributed by atoms with Crippen molar-refractivity contribution in [3.05, 3.63) is 23.8 Å². The fourth-order valence-corrected chi connectivity index (χ4v) is 2.17. The van der Waals surface area contributed by atoms with Crippen molar-refractivity contribution < 1.29 is 23.1 Å². The first-order valence-electron chi connectivity index (χ1n) is 5.72. The van der Waals surface area contributed by atoms with Gasteiger partial charge in [0.1, 0.15) is 12.2 Å². The minimum absolute atomic E-state index is 0.00829.